The summed E-state index contributed by atoms with van der Waals surface area (Å²) in [6.45, 7) is 2.97. The minimum atomic E-state index is 0.610. The van der Waals surface area contributed by atoms with Crippen LogP contribution in [0.5, 0.6) is 0 Å². The van der Waals surface area contributed by atoms with E-state index in [9.17, 15) is 0 Å². The predicted octanol–water partition coefficient (Wildman–Crippen LogP) is 2.51. The molecule has 14 heavy (non-hydrogen) atoms. The predicted molar refractivity (Wildman–Crippen MR) is 63.5 cm³/mol. The van der Waals surface area contributed by atoms with Crippen molar-refractivity contribution in [2.24, 2.45) is 5.73 Å². The first-order valence-electron chi connectivity index (χ1n) is 5.04. The lowest BCUT2D eigenvalue weighted by atomic mass is 10.2. The van der Waals surface area contributed by atoms with Crippen molar-refractivity contribution in [3.05, 3.63) is 28.2 Å². The summed E-state index contributed by atoms with van der Waals surface area (Å²) in [4.78, 5) is 2.42. The van der Waals surface area contributed by atoms with Gasteiger partial charge in [-0.15, -0.1) is 0 Å². The van der Waals surface area contributed by atoms with Crippen LogP contribution in [-0.4, -0.2) is 13.1 Å². The molecule has 1 aliphatic rings. The molecular weight excluding hydrogens is 240 g/mol. The first kappa shape index (κ1) is 9.99. The van der Waals surface area contributed by atoms with E-state index in [-0.39, 0.29) is 0 Å². The summed E-state index contributed by atoms with van der Waals surface area (Å²) in [5.74, 6) is 0. The van der Waals surface area contributed by atoms with E-state index < -0.39 is 0 Å². The molecule has 0 bridgehead atoms. The van der Waals surface area contributed by atoms with Crippen LogP contribution in [0.25, 0.3) is 0 Å². The van der Waals surface area contributed by atoms with E-state index in [1.807, 2.05) is 0 Å². The van der Waals surface area contributed by atoms with E-state index in [0.29, 0.717) is 6.54 Å². The average Bonchev–Trinajstić information content (AvgIpc) is 2.70. The van der Waals surface area contributed by atoms with Gasteiger partial charge in [0, 0.05) is 24.1 Å². The van der Waals surface area contributed by atoms with Gasteiger partial charge in [-0.1, -0.05) is 6.07 Å². The molecule has 0 aliphatic carbocycles. The fourth-order valence-electron chi connectivity index (χ4n) is 1.89. The second kappa shape index (κ2) is 4.32. The highest BCUT2D eigenvalue weighted by Crippen LogP contribution is 2.29. The summed E-state index contributed by atoms with van der Waals surface area (Å²) >= 11 is 3.60. The molecule has 0 atom stereocenters. The summed E-state index contributed by atoms with van der Waals surface area (Å²) in [5, 5.41) is 0. The smallest absolute Gasteiger partial charge is 0.0510 e. The third-order valence-electron chi connectivity index (χ3n) is 2.69. The van der Waals surface area contributed by atoms with Crippen molar-refractivity contribution in [1.29, 1.82) is 0 Å². The number of nitrogens with zero attached hydrogens (tertiary/aromatic N) is 1. The van der Waals surface area contributed by atoms with Crippen molar-refractivity contribution in [3.8, 4) is 0 Å². The first-order valence-corrected chi connectivity index (χ1v) is 5.84. The maximum absolute atomic E-state index is 5.59. The third-order valence-corrected chi connectivity index (χ3v) is 3.33. The Morgan fingerprint density at radius 2 is 2.00 bits per heavy atom. The molecule has 0 aromatic heterocycles. The molecule has 1 heterocycles. The van der Waals surface area contributed by atoms with Gasteiger partial charge >= 0.3 is 0 Å². The van der Waals surface area contributed by atoms with Crippen LogP contribution in [0.4, 0.5) is 5.69 Å². The maximum atomic E-state index is 5.59. The van der Waals surface area contributed by atoms with Crippen LogP contribution in [0.15, 0.2) is 22.7 Å². The van der Waals surface area contributed by atoms with Gasteiger partial charge < -0.3 is 10.6 Å². The molecule has 0 saturated carbocycles. The molecule has 1 aliphatic heterocycles. The second-order valence-corrected chi connectivity index (χ2v) is 4.54. The average molecular weight is 255 g/mol. The Morgan fingerprint density at radius 3 is 2.57 bits per heavy atom. The highest BCUT2D eigenvalue weighted by molar-refractivity contribution is 9.10. The second-order valence-electron chi connectivity index (χ2n) is 3.68. The molecule has 2 rings (SSSR count). The largest absolute Gasteiger partial charge is 0.371 e. The zero-order valence-electron chi connectivity index (χ0n) is 8.17. The quantitative estimate of drug-likeness (QED) is 0.879. The molecule has 76 valence electrons. The summed E-state index contributed by atoms with van der Waals surface area (Å²) in [6.07, 6.45) is 2.62. The van der Waals surface area contributed by atoms with Crippen LogP contribution in [0.3, 0.4) is 0 Å². The van der Waals surface area contributed by atoms with E-state index >= 15 is 0 Å². The lowest BCUT2D eigenvalue weighted by Gasteiger charge is -2.19. The monoisotopic (exact) mass is 254 g/mol. The molecule has 0 radical (unpaired) electrons. The molecule has 1 aromatic carbocycles. The first-order chi connectivity index (χ1) is 6.81. The standard InChI is InChI=1S/C11H15BrN2/c12-10-7-9(8-13)3-4-11(10)14-5-1-2-6-14/h3-4,7H,1-2,5-6,8,13H2. The summed E-state index contributed by atoms with van der Waals surface area (Å²) < 4.78 is 1.17. The van der Waals surface area contributed by atoms with Gasteiger partial charge in [0.2, 0.25) is 0 Å². The van der Waals surface area contributed by atoms with Crippen molar-refractivity contribution in [2.45, 2.75) is 19.4 Å². The number of nitrogens with two attached hydrogens (primary N) is 1. The van der Waals surface area contributed by atoms with Gasteiger partial charge in [-0.2, -0.15) is 0 Å². The zero-order valence-corrected chi connectivity index (χ0v) is 9.76. The number of benzene rings is 1. The van der Waals surface area contributed by atoms with Gasteiger partial charge in [-0.3, -0.25) is 0 Å². The SMILES string of the molecule is NCc1ccc(N2CCCC2)c(Br)c1. The zero-order chi connectivity index (χ0) is 9.97. The van der Waals surface area contributed by atoms with Crippen LogP contribution in [0.2, 0.25) is 0 Å². The molecule has 1 aromatic rings. The fraction of sp³-hybridized carbons (Fsp3) is 0.455. The van der Waals surface area contributed by atoms with Crippen molar-refractivity contribution in [2.75, 3.05) is 18.0 Å². The Kier molecular flexibility index (Phi) is 3.08. The van der Waals surface area contributed by atoms with Crippen molar-refractivity contribution in [3.63, 3.8) is 0 Å². The van der Waals surface area contributed by atoms with Crippen LogP contribution in [0.1, 0.15) is 18.4 Å². The Balaban J connectivity index is 2.25. The minimum absolute atomic E-state index is 0.610. The van der Waals surface area contributed by atoms with Gasteiger partial charge in [0.15, 0.2) is 0 Å². The summed E-state index contributed by atoms with van der Waals surface area (Å²) in [5.41, 5.74) is 8.07. The Morgan fingerprint density at radius 1 is 1.29 bits per heavy atom. The van der Waals surface area contributed by atoms with Crippen molar-refractivity contribution < 1.29 is 0 Å². The molecule has 3 heteroatoms. The van der Waals surface area contributed by atoms with Crippen molar-refractivity contribution >= 4 is 21.6 Å². The maximum Gasteiger partial charge on any atom is 0.0510 e. The number of anilines is 1. The Bertz CT molecular complexity index is 319. The molecule has 0 spiro atoms. The normalized spacial score (nSPS) is 16.3. The fourth-order valence-corrected chi connectivity index (χ4v) is 2.57. The molecule has 1 saturated heterocycles. The molecule has 0 unspecified atom stereocenters. The van der Waals surface area contributed by atoms with E-state index in [1.165, 1.54) is 41.7 Å². The number of halogens is 1. The van der Waals surface area contributed by atoms with Gasteiger partial charge in [0.05, 0.1) is 5.69 Å². The lowest BCUT2D eigenvalue weighted by Crippen LogP contribution is -2.18. The van der Waals surface area contributed by atoms with E-state index in [0.717, 1.165) is 0 Å². The van der Waals surface area contributed by atoms with Crippen LogP contribution in [-0.2, 0) is 6.54 Å². The van der Waals surface area contributed by atoms with Gasteiger partial charge in [0.1, 0.15) is 0 Å². The molecule has 2 N–H and O–H groups in total. The number of rotatable bonds is 2. The topological polar surface area (TPSA) is 29.3 Å². The summed E-state index contributed by atoms with van der Waals surface area (Å²) in [6, 6.07) is 6.39. The van der Waals surface area contributed by atoms with E-state index in [2.05, 4.69) is 39.0 Å². The third kappa shape index (κ3) is 1.93. The van der Waals surface area contributed by atoms with E-state index in [1.54, 1.807) is 0 Å². The van der Waals surface area contributed by atoms with Gasteiger partial charge in [-0.05, 0) is 46.5 Å². The highest BCUT2D eigenvalue weighted by Gasteiger charge is 2.14. The number of hydrogen-bond acceptors (Lipinski definition) is 2. The Hall–Kier alpha value is -0.540. The molecular formula is C11H15BrN2. The van der Waals surface area contributed by atoms with Crippen LogP contribution >= 0.6 is 15.9 Å². The van der Waals surface area contributed by atoms with Gasteiger partial charge in [0.25, 0.3) is 0 Å². The minimum Gasteiger partial charge on any atom is -0.371 e. The van der Waals surface area contributed by atoms with Crippen LogP contribution < -0.4 is 10.6 Å². The van der Waals surface area contributed by atoms with Gasteiger partial charge in [-0.25, -0.2) is 0 Å². The summed E-state index contributed by atoms with van der Waals surface area (Å²) in [7, 11) is 0. The van der Waals surface area contributed by atoms with Crippen molar-refractivity contribution in [1.82, 2.24) is 0 Å². The highest BCUT2D eigenvalue weighted by atomic mass is 79.9. The molecule has 2 nitrogen and oxygen atoms in total. The molecule has 1 fully saturated rings. The van der Waals surface area contributed by atoms with E-state index in [4.69, 9.17) is 5.73 Å². The number of hydrogen-bond donors (Lipinski definition) is 1. The molecule has 0 amide bonds. The lowest BCUT2D eigenvalue weighted by molar-refractivity contribution is 0.949. The Labute approximate surface area is 93.2 Å². The van der Waals surface area contributed by atoms with Crippen LogP contribution in [0, 0.1) is 0 Å².